The van der Waals surface area contributed by atoms with Crippen LogP contribution in [0.4, 0.5) is 0 Å². The molecule has 0 fully saturated rings. The molecule has 1 amide bonds. The zero-order valence-corrected chi connectivity index (χ0v) is 20.8. The van der Waals surface area contributed by atoms with E-state index in [2.05, 4.69) is 26.5 Å². The van der Waals surface area contributed by atoms with Gasteiger partial charge in [0.05, 0.1) is 24.8 Å². The minimum Gasteiger partial charge on any atom is -0.496 e. The molecule has 0 aliphatic heterocycles. The highest BCUT2D eigenvalue weighted by Crippen LogP contribution is 2.22. The molecule has 0 unspecified atom stereocenters. The van der Waals surface area contributed by atoms with Crippen LogP contribution in [-0.2, 0) is 21.4 Å². The van der Waals surface area contributed by atoms with E-state index in [1.54, 1.807) is 36.4 Å². The molecule has 33 heavy (non-hydrogen) atoms. The molecule has 0 radical (unpaired) electrons. The molecule has 3 rings (SSSR count). The van der Waals surface area contributed by atoms with Crippen LogP contribution < -0.4 is 10.2 Å². The summed E-state index contributed by atoms with van der Waals surface area (Å²) in [5, 5.41) is 4.37. The average molecular weight is 551 g/mol. The molecule has 0 bridgehead atoms. The van der Waals surface area contributed by atoms with Crippen molar-refractivity contribution >= 4 is 49.7 Å². The largest absolute Gasteiger partial charge is 0.496 e. The number of sulfonamides is 1. The maximum absolute atomic E-state index is 13.2. The lowest BCUT2D eigenvalue weighted by atomic mass is 10.2. The molecule has 0 spiro atoms. The number of hydrogen-bond acceptors (Lipinski definition) is 5. The quantitative estimate of drug-likeness (QED) is 0.315. The highest BCUT2D eigenvalue weighted by molar-refractivity contribution is 9.10. The van der Waals surface area contributed by atoms with Gasteiger partial charge in [0.2, 0.25) is 10.0 Å². The number of rotatable bonds is 9. The van der Waals surface area contributed by atoms with Crippen LogP contribution in [-0.4, -0.2) is 38.5 Å². The summed E-state index contributed by atoms with van der Waals surface area (Å²) in [5.41, 5.74) is 3.77. The van der Waals surface area contributed by atoms with Gasteiger partial charge in [0, 0.05) is 21.6 Å². The number of carbonyl (C=O) groups excluding carboxylic acids is 1. The van der Waals surface area contributed by atoms with Crippen molar-refractivity contribution in [3.63, 3.8) is 0 Å². The first-order valence-corrected chi connectivity index (χ1v) is 12.4. The Morgan fingerprint density at radius 3 is 2.48 bits per heavy atom. The van der Waals surface area contributed by atoms with E-state index in [1.807, 2.05) is 12.1 Å². The van der Waals surface area contributed by atoms with E-state index in [1.165, 1.54) is 37.6 Å². The van der Waals surface area contributed by atoms with Crippen LogP contribution in [0.3, 0.4) is 0 Å². The summed E-state index contributed by atoms with van der Waals surface area (Å²) >= 11 is 9.27. The average Bonchev–Trinajstić information content (AvgIpc) is 2.80. The Morgan fingerprint density at radius 2 is 1.82 bits per heavy atom. The highest BCUT2D eigenvalue weighted by Gasteiger charge is 2.27. The zero-order valence-electron chi connectivity index (χ0n) is 17.6. The van der Waals surface area contributed by atoms with Gasteiger partial charge >= 0.3 is 0 Å². The third-order valence-corrected chi connectivity index (χ3v) is 7.11. The third-order valence-electron chi connectivity index (χ3n) is 4.56. The molecule has 0 saturated carbocycles. The van der Waals surface area contributed by atoms with Crippen LogP contribution in [0, 0.1) is 0 Å². The van der Waals surface area contributed by atoms with Crippen molar-refractivity contribution in [3.05, 3.63) is 93.4 Å². The van der Waals surface area contributed by atoms with E-state index >= 15 is 0 Å². The summed E-state index contributed by atoms with van der Waals surface area (Å²) in [6.07, 6.45) is 1.43. The second-order valence-corrected chi connectivity index (χ2v) is 10.2. The Bertz CT molecular complexity index is 1240. The molecule has 1 N–H and O–H groups in total. The lowest BCUT2D eigenvalue weighted by molar-refractivity contribution is -0.121. The van der Waals surface area contributed by atoms with Gasteiger partial charge in [-0.2, -0.15) is 9.41 Å². The molecule has 0 aromatic heterocycles. The Kier molecular flexibility index (Phi) is 8.62. The monoisotopic (exact) mass is 549 g/mol. The van der Waals surface area contributed by atoms with E-state index < -0.39 is 22.5 Å². The molecular formula is C23H21BrClN3O4S. The lowest BCUT2D eigenvalue weighted by Crippen LogP contribution is -2.39. The lowest BCUT2D eigenvalue weighted by Gasteiger charge is -2.21. The van der Waals surface area contributed by atoms with Gasteiger partial charge < -0.3 is 4.74 Å². The SMILES string of the molecule is COc1ccc(Br)cc1/C=N\NC(=O)CN(Cc1ccccc1)S(=O)(=O)c1ccc(Cl)cc1. The summed E-state index contributed by atoms with van der Waals surface area (Å²) in [6, 6.07) is 20.2. The first kappa shape index (κ1) is 24.9. The van der Waals surface area contributed by atoms with E-state index in [9.17, 15) is 13.2 Å². The molecule has 172 valence electrons. The van der Waals surface area contributed by atoms with Crippen molar-refractivity contribution in [2.45, 2.75) is 11.4 Å². The number of benzene rings is 3. The Balaban J connectivity index is 1.79. The zero-order chi connectivity index (χ0) is 23.8. The second-order valence-electron chi connectivity index (χ2n) is 6.89. The molecule has 0 atom stereocenters. The summed E-state index contributed by atoms with van der Waals surface area (Å²) in [6.45, 7) is -0.408. The topological polar surface area (TPSA) is 88.1 Å². The van der Waals surface area contributed by atoms with Gasteiger partial charge in [-0.15, -0.1) is 0 Å². The van der Waals surface area contributed by atoms with Crippen LogP contribution in [0.15, 0.2) is 87.3 Å². The number of nitrogens with zero attached hydrogens (tertiary/aromatic N) is 2. The van der Waals surface area contributed by atoms with Crippen LogP contribution in [0.1, 0.15) is 11.1 Å². The molecule has 0 saturated heterocycles. The van der Waals surface area contributed by atoms with Gasteiger partial charge in [0.15, 0.2) is 0 Å². The van der Waals surface area contributed by atoms with Crippen LogP contribution in [0.5, 0.6) is 5.75 Å². The number of halogens is 2. The molecule has 10 heteroatoms. The number of amides is 1. The van der Waals surface area contributed by atoms with Gasteiger partial charge in [0.1, 0.15) is 5.75 Å². The van der Waals surface area contributed by atoms with E-state index in [0.717, 1.165) is 14.3 Å². The Morgan fingerprint density at radius 1 is 1.12 bits per heavy atom. The number of carbonyl (C=O) groups is 1. The maximum Gasteiger partial charge on any atom is 0.255 e. The number of hydrazone groups is 1. The molecule has 3 aromatic carbocycles. The second kappa shape index (κ2) is 11.4. The third kappa shape index (κ3) is 6.88. The number of ether oxygens (including phenoxy) is 1. The van der Waals surface area contributed by atoms with Crippen LogP contribution in [0.25, 0.3) is 0 Å². The summed E-state index contributed by atoms with van der Waals surface area (Å²) < 4.78 is 33.7. The highest BCUT2D eigenvalue weighted by atomic mass is 79.9. The minimum absolute atomic E-state index is 0.0163. The Labute approximate surface area is 206 Å². The summed E-state index contributed by atoms with van der Waals surface area (Å²) in [4.78, 5) is 12.6. The maximum atomic E-state index is 13.2. The summed E-state index contributed by atoms with van der Waals surface area (Å²) in [7, 11) is -2.44. The fourth-order valence-corrected chi connectivity index (χ4v) is 4.83. The molecule has 0 heterocycles. The number of methoxy groups -OCH3 is 1. The van der Waals surface area contributed by atoms with Gasteiger partial charge in [-0.1, -0.05) is 57.9 Å². The Hall–Kier alpha value is -2.72. The van der Waals surface area contributed by atoms with Crippen LogP contribution >= 0.6 is 27.5 Å². The minimum atomic E-state index is -3.97. The predicted octanol–water partition coefficient (Wildman–Crippen LogP) is 4.45. The van der Waals surface area contributed by atoms with Gasteiger partial charge in [-0.05, 0) is 48.0 Å². The van der Waals surface area contributed by atoms with Crippen molar-refractivity contribution in [1.29, 1.82) is 0 Å². The molecule has 7 nitrogen and oxygen atoms in total. The summed E-state index contributed by atoms with van der Waals surface area (Å²) in [5.74, 6) is -0.0131. The normalized spacial score (nSPS) is 11.6. The fraction of sp³-hybridized carbons (Fsp3) is 0.130. The van der Waals surface area contributed by atoms with Gasteiger partial charge in [0.25, 0.3) is 5.91 Å². The standard InChI is InChI=1S/C23H21BrClN3O4S/c1-32-22-12-7-19(24)13-18(22)14-26-27-23(29)16-28(15-17-5-3-2-4-6-17)33(30,31)21-10-8-20(25)9-11-21/h2-14H,15-16H2,1H3,(H,27,29)/b26-14-. The molecule has 3 aromatic rings. The number of hydrogen-bond donors (Lipinski definition) is 1. The fourth-order valence-electron chi connectivity index (χ4n) is 2.94. The molecule has 0 aliphatic rings. The first-order valence-electron chi connectivity index (χ1n) is 9.74. The van der Waals surface area contributed by atoms with Crippen molar-refractivity contribution < 1.29 is 17.9 Å². The smallest absolute Gasteiger partial charge is 0.255 e. The molecule has 0 aliphatic carbocycles. The predicted molar refractivity (Wildman–Crippen MR) is 132 cm³/mol. The van der Waals surface area contributed by atoms with Crippen LogP contribution in [0.2, 0.25) is 5.02 Å². The van der Waals surface area contributed by atoms with Gasteiger partial charge in [-0.25, -0.2) is 13.8 Å². The first-order chi connectivity index (χ1) is 15.8. The van der Waals surface area contributed by atoms with E-state index in [4.69, 9.17) is 16.3 Å². The van der Waals surface area contributed by atoms with Gasteiger partial charge in [-0.3, -0.25) is 4.79 Å². The van der Waals surface area contributed by atoms with E-state index in [0.29, 0.717) is 16.3 Å². The van der Waals surface area contributed by atoms with E-state index in [-0.39, 0.29) is 11.4 Å². The van der Waals surface area contributed by atoms with Crippen molar-refractivity contribution in [3.8, 4) is 5.75 Å². The number of nitrogens with one attached hydrogen (secondary N) is 1. The van der Waals surface area contributed by atoms with Crippen molar-refractivity contribution in [2.24, 2.45) is 5.10 Å². The van der Waals surface area contributed by atoms with Crippen molar-refractivity contribution in [1.82, 2.24) is 9.73 Å². The van der Waals surface area contributed by atoms with Crippen molar-refractivity contribution in [2.75, 3.05) is 13.7 Å². The molecular weight excluding hydrogens is 530 g/mol.